The molecule has 2 saturated heterocycles. The fourth-order valence-corrected chi connectivity index (χ4v) is 10.9. The molecule has 4 N–H and O–H groups in total. The summed E-state index contributed by atoms with van der Waals surface area (Å²) in [5, 5.41) is 5.43. The minimum absolute atomic E-state index is 0.0525. The highest BCUT2D eigenvalue weighted by Gasteiger charge is 2.58. The molecule has 2 aliphatic heterocycles. The van der Waals surface area contributed by atoms with Gasteiger partial charge in [-0.05, 0) is 105 Å². The molecular formula is C42H54N8O6. The molecule has 14 heteroatoms. The lowest BCUT2D eigenvalue weighted by Crippen LogP contribution is -2.49. The third kappa shape index (κ3) is 6.14. The van der Waals surface area contributed by atoms with Gasteiger partial charge in [0.2, 0.25) is 11.8 Å². The topological polar surface area (TPSA) is 175 Å². The molecule has 2 aromatic heterocycles. The number of imidazole rings is 2. The number of hydrogen-bond donors (Lipinski definition) is 4. The monoisotopic (exact) mass is 766 g/mol. The van der Waals surface area contributed by atoms with Gasteiger partial charge in [0, 0.05) is 29.4 Å². The Morgan fingerprint density at radius 2 is 1.20 bits per heavy atom. The van der Waals surface area contributed by atoms with Gasteiger partial charge < -0.3 is 39.9 Å². The number of aromatic nitrogens is 4. The quantitative estimate of drug-likeness (QED) is 0.186. The summed E-state index contributed by atoms with van der Waals surface area (Å²) in [6, 6.07) is 7.91. The van der Waals surface area contributed by atoms with Crippen LogP contribution in [0.3, 0.4) is 0 Å². The number of methoxy groups -OCH3 is 2. The minimum Gasteiger partial charge on any atom is -0.453 e. The van der Waals surface area contributed by atoms with Crippen molar-refractivity contribution in [3.8, 4) is 11.3 Å². The maximum absolute atomic E-state index is 13.7. The first-order chi connectivity index (χ1) is 27.1. The van der Waals surface area contributed by atoms with E-state index in [1.807, 2.05) is 36.0 Å². The number of likely N-dealkylation sites (tertiary alicyclic amines) is 2. The van der Waals surface area contributed by atoms with Crippen LogP contribution < -0.4 is 10.6 Å². The Morgan fingerprint density at radius 3 is 1.70 bits per heavy atom. The zero-order valence-electron chi connectivity index (χ0n) is 32.8. The molecule has 5 saturated carbocycles. The summed E-state index contributed by atoms with van der Waals surface area (Å²) in [6.45, 7) is 3.80. The second kappa shape index (κ2) is 13.9. The van der Waals surface area contributed by atoms with Crippen LogP contribution in [0.5, 0.6) is 0 Å². The van der Waals surface area contributed by atoms with E-state index >= 15 is 0 Å². The Bertz CT molecular complexity index is 1980. The molecule has 8 atom stereocenters. The van der Waals surface area contributed by atoms with Gasteiger partial charge in [-0.15, -0.1) is 0 Å². The van der Waals surface area contributed by atoms with E-state index in [-0.39, 0.29) is 46.8 Å². The zero-order chi connectivity index (χ0) is 38.9. The van der Waals surface area contributed by atoms with Gasteiger partial charge in [0.1, 0.15) is 23.7 Å². The van der Waals surface area contributed by atoms with Crippen LogP contribution in [-0.4, -0.2) is 92.1 Å². The molecule has 7 fully saturated rings. The number of piperidine rings is 2. The van der Waals surface area contributed by atoms with Crippen LogP contribution >= 0.6 is 0 Å². The summed E-state index contributed by atoms with van der Waals surface area (Å²) in [5.41, 5.74) is 4.81. The SMILES string of the molecule is CC[C@H](NC(=O)OC)C(=O)N1[C@@H]2C[C@@H]2C[C@H]1c1ncc(C23CCC(c4ccc(-c5cnc([C@H]6C[C@@H]7C[C@@H]7N6C(=O)[C@@H](CC)NC(=O)OC)[nH]5)cc4)(CC2)CC3)[nH]1. The van der Waals surface area contributed by atoms with Crippen LogP contribution in [0.25, 0.3) is 11.3 Å². The van der Waals surface area contributed by atoms with Crippen molar-refractivity contribution in [1.29, 1.82) is 0 Å². The molecule has 7 aliphatic rings. The van der Waals surface area contributed by atoms with E-state index in [1.165, 1.54) is 25.5 Å². The van der Waals surface area contributed by atoms with Crippen LogP contribution in [0, 0.1) is 11.8 Å². The molecule has 5 aliphatic carbocycles. The normalized spacial score (nSPS) is 31.9. The van der Waals surface area contributed by atoms with E-state index in [0.717, 1.165) is 87.1 Å². The molecule has 56 heavy (non-hydrogen) atoms. The van der Waals surface area contributed by atoms with Crippen LogP contribution in [0.4, 0.5) is 9.59 Å². The van der Waals surface area contributed by atoms with Crippen molar-refractivity contribution in [2.24, 2.45) is 11.8 Å². The lowest BCUT2D eigenvalue weighted by molar-refractivity contribution is -0.136. The highest BCUT2D eigenvalue weighted by molar-refractivity contribution is 5.87. The van der Waals surface area contributed by atoms with Crippen LogP contribution in [0.1, 0.15) is 126 Å². The maximum atomic E-state index is 13.7. The summed E-state index contributed by atoms with van der Waals surface area (Å²) < 4.78 is 9.55. The van der Waals surface area contributed by atoms with Crippen molar-refractivity contribution in [1.82, 2.24) is 40.4 Å². The number of H-pyrrole nitrogens is 2. The van der Waals surface area contributed by atoms with E-state index < -0.39 is 24.3 Å². The second-order valence-electron chi connectivity index (χ2n) is 17.3. The Kier molecular flexibility index (Phi) is 9.15. The molecule has 0 unspecified atom stereocenters. The number of alkyl carbamates (subject to hydrolysis) is 2. The van der Waals surface area contributed by atoms with E-state index in [1.54, 1.807) is 0 Å². The van der Waals surface area contributed by atoms with Crippen molar-refractivity contribution < 1.29 is 28.7 Å². The number of nitrogens with zero attached hydrogens (tertiary/aromatic N) is 4. The molecule has 14 nitrogen and oxygen atoms in total. The van der Waals surface area contributed by atoms with Gasteiger partial charge in [0.25, 0.3) is 0 Å². The van der Waals surface area contributed by atoms with Crippen LogP contribution in [-0.2, 0) is 29.9 Å². The summed E-state index contributed by atoms with van der Waals surface area (Å²) in [5.74, 6) is 2.50. The standard InChI is InChI=1S/C42H54N8O6/c1-5-27(46-39(53)55-3)37(51)49-30-17-24(30)19-32(49)35-43-21-29(45-35)23-7-9-26(10-8-23)41-11-14-42(15-12-41,16-13-41)34-22-44-36(48-34)33-20-25-18-31(25)50(33)38(52)28(6-2)47-40(54)56-4/h7-10,21-22,24-25,27-28,30-33H,5-6,11-20H2,1-4H3,(H,43,45)(H,44,48)(H,46,53)(H,47,54)/t24-,25+,27+,28-,30-,31+,32+,33-,41?,42?/m0/s1. The third-order valence-electron chi connectivity index (χ3n) is 14.5. The van der Waals surface area contributed by atoms with E-state index in [0.29, 0.717) is 24.7 Å². The third-order valence-corrected chi connectivity index (χ3v) is 14.5. The van der Waals surface area contributed by atoms with E-state index in [9.17, 15) is 19.2 Å². The number of carbonyl (C=O) groups is 4. The van der Waals surface area contributed by atoms with Crippen molar-refractivity contribution in [2.45, 2.75) is 138 Å². The predicted octanol–water partition coefficient (Wildman–Crippen LogP) is 5.94. The summed E-state index contributed by atoms with van der Waals surface area (Å²) >= 11 is 0. The average Bonchev–Trinajstić information content (AvgIpc) is 3.81. The van der Waals surface area contributed by atoms with Crippen molar-refractivity contribution in [2.75, 3.05) is 14.2 Å². The van der Waals surface area contributed by atoms with Crippen molar-refractivity contribution in [3.05, 3.63) is 59.6 Å². The number of aromatic amines is 2. The molecule has 0 spiro atoms. The van der Waals surface area contributed by atoms with Crippen molar-refractivity contribution in [3.63, 3.8) is 0 Å². The van der Waals surface area contributed by atoms with E-state index in [2.05, 4.69) is 44.9 Å². The largest absolute Gasteiger partial charge is 0.453 e. The first-order valence-electron chi connectivity index (χ1n) is 20.7. The molecule has 10 rings (SSSR count). The molecule has 3 aromatic rings. The number of amides is 4. The summed E-state index contributed by atoms with van der Waals surface area (Å²) in [7, 11) is 2.62. The molecule has 4 amide bonds. The number of benzene rings is 1. The maximum Gasteiger partial charge on any atom is 0.407 e. The molecule has 0 radical (unpaired) electrons. The second-order valence-corrected chi connectivity index (χ2v) is 17.3. The first-order valence-corrected chi connectivity index (χ1v) is 20.7. The molecular weight excluding hydrogens is 713 g/mol. The Labute approximate surface area is 327 Å². The molecule has 2 bridgehead atoms. The van der Waals surface area contributed by atoms with Gasteiger partial charge >= 0.3 is 12.2 Å². The predicted molar refractivity (Wildman–Crippen MR) is 205 cm³/mol. The number of hydrogen-bond acceptors (Lipinski definition) is 8. The number of nitrogens with one attached hydrogen (secondary N) is 4. The number of ether oxygens (including phenoxy) is 2. The first kappa shape index (κ1) is 36.7. The fourth-order valence-electron chi connectivity index (χ4n) is 10.9. The average molecular weight is 767 g/mol. The highest BCUT2D eigenvalue weighted by atomic mass is 16.5. The fraction of sp³-hybridized carbons (Fsp3) is 0.619. The summed E-state index contributed by atoms with van der Waals surface area (Å²) in [6.07, 6.45) is 14.1. The van der Waals surface area contributed by atoms with Gasteiger partial charge in [-0.2, -0.15) is 0 Å². The lowest BCUT2D eigenvalue weighted by atomic mass is 9.51. The number of rotatable bonds is 11. The Balaban J connectivity index is 0.852. The van der Waals surface area contributed by atoms with Crippen LogP contribution in [0.15, 0.2) is 36.7 Å². The van der Waals surface area contributed by atoms with Gasteiger partial charge in [-0.3, -0.25) is 9.59 Å². The van der Waals surface area contributed by atoms with Crippen molar-refractivity contribution >= 4 is 24.0 Å². The number of fused-ring (bicyclic) bond motifs is 5. The zero-order valence-corrected chi connectivity index (χ0v) is 32.8. The highest BCUT2D eigenvalue weighted by Crippen LogP contribution is 2.59. The minimum atomic E-state index is -0.629. The molecule has 298 valence electrons. The number of carbonyl (C=O) groups excluding carboxylic acids is 4. The Hall–Kier alpha value is -4.88. The summed E-state index contributed by atoms with van der Waals surface area (Å²) in [4.78, 5) is 72.1. The van der Waals surface area contributed by atoms with E-state index in [4.69, 9.17) is 19.4 Å². The smallest absolute Gasteiger partial charge is 0.407 e. The van der Waals surface area contributed by atoms with Gasteiger partial charge in [-0.25, -0.2) is 19.6 Å². The van der Waals surface area contributed by atoms with Gasteiger partial charge in [0.15, 0.2) is 0 Å². The Morgan fingerprint density at radius 1 is 0.714 bits per heavy atom. The van der Waals surface area contributed by atoms with Gasteiger partial charge in [0.05, 0.1) is 38.2 Å². The van der Waals surface area contributed by atoms with Crippen LogP contribution in [0.2, 0.25) is 0 Å². The lowest BCUT2D eigenvalue weighted by Gasteiger charge is -2.53. The molecule has 4 heterocycles. The molecule has 1 aromatic carbocycles. The van der Waals surface area contributed by atoms with Gasteiger partial charge in [-0.1, -0.05) is 38.1 Å².